The van der Waals surface area contributed by atoms with Crippen LogP contribution in [0.4, 0.5) is 5.69 Å². The number of nitrogens with zero attached hydrogens (tertiary/aromatic N) is 1. The number of anilines is 1. The van der Waals surface area contributed by atoms with Gasteiger partial charge in [-0.3, -0.25) is 9.59 Å². The van der Waals surface area contributed by atoms with Crippen molar-refractivity contribution >= 4 is 17.5 Å². The van der Waals surface area contributed by atoms with Gasteiger partial charge < -0.3 is 15.5 Å². The standard InChI is InChI=1S/C15H21N3O2/c1-3-8-16-13-6-4-12(5-7-13)15(20)18-10-9-17-14(19)11(18)2/h4-7,11,16H,3,8-10H2,1-2H3,(H,17,19). The van der Waals surface area contributed by atoms with Crippen molar-refractivity contribution in [2.75, 3.05) is 25.0 Å². The van der Waals surface area contributed by atoms with Gasteiger partial charge in [-0.05, 0) is 37.6 Å². The number of hydrogen-bond acceptors (Lipinski definition) is 3. The van der Waals surface area contributed by atoms with Gasteiger partial charge in [-0.25, -0.2) is 0 Å². The number of hydrogen-bond donors (Lipinski definition) is 2. The molecule has 0 aliphatic carbocycles. The fraction of sp³-hybridized carbons (Fsp3) is 0.467. The molecule has 20 heavy (non-hydrogen) atoms. The minimum Gasteiger partial charge on any atom is -0.385 e. The highest BCUT2D eigenvalue weighted by Gasteiger charge is 2.29. The van der Waals surface area contributed by atoms with Crippen molar-refractivity contribution < 1.29 is 9.59 Å². The highest BCUT2D eigenvalue weighted by molar-refractivity contribution is 5.98. The Morgan fingerprint density at radius 3 is 2.75 bits per heavy atom. The highest BCUT2D eigenvalue weighted by Crippen LogP contribution is 2.14. The lowest BCUT2D eigenvalue weighted by molar-refractivity contribution is -0.127. The van der Waals surface area contributed by atoms with Gasteiger partial charge in [-0.2, -0.15) is 0 Å². The molecular formula is C15H21N3O2. The molecule has 5 heteroatoms. The van der Waals surface area contributed by atoms with Crippen LogP contribution in [0.5, 0.6) is 0 Å². The van der Waals surface area contributed by atoms with Gasteiger partial charge in [0.05, 0.1) is 0 Å². The summed E-state index contributed by atoms with van der Waals surface area (Å²) in [6, 6.07) is 7.00. The zero-order valence-corrected chi connectivity index (χ0v) is 12.0. The minimum atomic E-state index is -0.408. The summed E-state index contributed by atoms with van der Waals surface area (Å²) in [4.78, 5) is 25.6. The quantitative estimate of drug-likeness (QED) is 0.874. The normalized spacial score (nSPS) is 18.6. The van der Waals surface area contributed by atoms with Crippen LogP contribution in [0.1, 0.15) is 30.6 Å². The Kier molecular flexibility index (Phi) is 4.61. The molecule has 1 aliphatic rings. The van der Waals surface area contributed by atoms with E-state index in [2.05, 4.69) is 17.6 Å². The minimum absolute atomic E-state index is 0.0885. The van der Waals surface area contributed by atoms with Crippen LogP contribution in [0.15, 0.2) is 24.3 Å². The van der Waals surface area contributed by atoms with E-state index in [0.717, 1.165) is 18.7 Å². The average molecular weight is 275 g/mol. The second-order valence-electron chi connectivity index (χ2n) is 4.97. The Bertz CT molecular complexity index is 484. The fourth-order valence-electron chi connectivity index (χ4n) is 2.23. The third-order valence-corrected chi connectivity index (χ3v) is 3.47. The van der Waals surface area contributed by atoms with Gasteiger partial charge in [-0.15, -0.1) is 0 Å². The van der Waals surface area contributed by atoms with Crippen LogP contribution in [0.3, 0.4) is 0 Å². The molecular weight excluding hydrogens is 254 g/mol. The molecule has 2 N–H and O–H groups in total. The summed E-state index contributed by atoms with van der Waals surface area (Å²) in [7, 11) is 0. The van der Waals surface area contributed by atoms with Gasteiger partial charge in [0.15, 0.2) is 0 Å². The Morgan fingerprint density at radius 2 is 2.10 bits per heavy atom. The largest absolute Gasteiger partial charge is 0.385 e. The second kappa shape index (κ2) is 6.41. The van der Waals surface area contributed by atoms with E-state index in [1.165, 1.54) is 0 Å². The molecule has 0 aromatic heterocycles. The van der Waals surface area contributed by atoms with E-state index in [1.54, 1.807) is 24.0 Å². The maximum atomic E-state index is 12.4. The summed E-state index contributed by atoms with van der Waals surface area (Å²) in [5.74, 6) is -0.180. The van der Waals surface area contributed by atoms with Crippen LogP contribution in [0, 0.1) is 0 Å². The molecule has 0 saturated carbocycles. The number of amides is 2. The van der Waals surface area contributed by atoms with Gasteiger partial charge in [0.1, 0.15) is 6.04 Å². The first-order valence-corrected chi connectivity index (χ1v) is 7.06. The average Bonchev–Trinajstić information content (AvgIpc) is 2.48. The number of rotatable bonds is 4. The van der Waals surface area contributed by atoms with E-state index >= 15 is 0 Å². The van der Waals surface area contributed by atoms with E-state index in [4.69, 9.17) is 0 Å². The first-order valence-electron chi connectivity index (χ1n) is 7.06. The number of carbonyl (C=O) groups is 2. The monoisotopic (exact) mass is 275 g/mol. The molecule has 1 atom stereocenters. The van der Waals surface area contributed by atoms with Crippen LogP contribution >= 0.6 is 0 Å². The van der Waals surface area contributed by atoms with E-state index in [0.29, 0.717) is 18.7 Å². The molecule has 1 heterocycles. The summed E-state index contributed by atoms with van der Waals surface area (Å²) >= 11 is 0. The molecule has 1 aliphatic heterocycles. The first-order chi connectivity index (χ1) is 9.63. The zero-order chi connectivity index (χ0) is 14.5. The van der Waals surface area contributed by atoms with Gasteiger partial charge in [0.25, 0.3) is 5.91 Å². The van der Waals surface area contributed by atoms with E-state index < -0.39 is 6.04 Å². The summed E-state index contributed by atoms with van der Waals surface area (Å²) < 4.78 is 0. The fourth-order valence-corrected chi connectivity index (χ4v) is 2.23. The molecule has 1 aromatic rings. The summed E-state index contributed by atoms with van der Waals surface area (Å²) in [6.07, 6.45) is 1.06. The molecule has 1 unspecified atom stereocenters. The highest BCUT2D eigenvalue weighted by atomic mass is 16.2. The van der Waals surface area contributed by atoms with Crippen LogP contribution in [0.2, 0.25) is 0 Å². The first kappa shape index (κ1) is 14.4. The van der Waals surface area contributed by atoms with Crippen molar-refractivity contribution in [1.29, 1.82) is 0 Å². The van der Waals surface area contributed by atoms with Crippen molar-refractivity contribution in [3.05, 3.63) is 29.8 Å². The van der Waals surface area contributed by atoms with Crippen LogP contribution in [0.25, 0.3) is 0 Å². The number of piperazine rings is 1. The molecule has 5 nitrogen and oxygen atoms in total. The Labute approximate surface area is 119 Å². The summed E-state index contributed by atoms with van der Waals surface area (Å²) in [5.41, 5.74) is 1.63. The Morgan fingerprint density at radius 1 is 1.40 bits per heavy atom. The SMILES string of the molecule is CCCNc1ccc(C(=O)N2CCNC(=O)C2C)cc1. The van der Waals surface area contributed by atoms with E-state index in [1.807, 2.05) is 12.1 Å². The molecule has 2 amide bonds. The molecule has 1 aromatic carbocycles. The molecule has 0 spiro atoms. The summed E-state index contributed by atoms with van der Waals surface area (Å²) in [6.45, 7) is 5.85. The van der Waals surface area contributed by atoms with Crippen LogP contribution < -0.4 is 10.6 Å². The Hall–Kier alpha value is -2.04. The Balaban J connectivity index is 2.06. The molecule has 0 radical (unpaired) electrons. The smallest absolute Gasteiger partial charge is 0.254 e. The molecule has 1 fully saturated rings. The lowest BCUT2D eigenvalue weighted by atomic mass is 10.1. The van der Waals surface area contributed by atoms with Crippen molar-refractivity contribution in [2.45, 2.75) is 26.3 Å². The predicted octanol–water partition coefficient (Wildman–Crippen LogP) is 1.47. The maximum Gasteiger partial charge on any atom is 0.254 e. The second-order valence-corrected chi connectivity index (χ2v) is 4.97. The molecule has 2 rings (SSSR count). The van der Waals surface area contributed by atoms with Crippen LogP contribution in [-0.4, -0.2) is 42.4 Å². The van der Waals surface area contributed by atoms with Crippen molar-refractivity contribution in [1.82, 2.24) is 10.2 Å². The number of carbonyl (C=O) groups excluding carboxylic acids is 2. The predicted molar refractivity (Wildman–Crippen MR) is 78.7 cm³/mol. The van der Waals surface area contributed by atoms with Gasteiger partial charge >= 0.3 is 0 Å². The third kappa shape index (κ3) is 3.10. The summed E-state index contributed by atoms with van der Waals surface area (Å²) in [5, 5.41) is 6.02. The van der Waals surface area contributed by atoms with E-state index in [9.17, 15) is 9.59 Å². The zero-order valence-electron chi connectivity index (χ0n) is 12.0. The lowest BCUT2D eigenvalue weighted by Gasteiger charge is -2.32. The van der Waals surface area contributed by atoms with Crippen molar-refractivity contribution in [3.63, 3.8) is 0 Å². The number of nitrogens with one attached hydrogen (secondary N) is 2. The van der Waals surface area contributed by atoms with E-state index in [-0.39, 0.29) is 11.8 Å². The van der Waals surface area contributed by atoms with Crippen LogP contribution in [-0.2, 0) is 4.79 Å². The lowest BCUT2D eigenvalue weighted by Crippen LogP contribution is -2.55. The van der Waals surface area contributed by atoms with Crippen molar-refractivity contribution in [2.24, 2.45) is 0 Å². The molecule has 0 bridgehead atoms. The van der Waals surface area contributed by atoms with Gasteiger partial charge in [0.2, 0.25) is 5.91 Å². The number of benzene rings is 1. The maximum absolute atomic E-state index is 12.4. The van der Waals surface area contributed by atoms with Gasteiger partial charge in [-0.1, -0.05) is 6.92 Å². The molecule has 108 valence electrons. The topological polar surface area (TPSA) is 61.4 Å². The third-order valence-electron chi connectivity index (χ3n) is 3.47. The van der Waals surface area contributed by atoms with Crippen molar-refractivity contribution in [3.8, 4) is 0 Å². The van der Waals surface area contributed by atoms with Gasteiger partial charge in [0, 0.05) is 30.9 Å². The molecule has 1 saturated heterocycles.